The smallest absolute Gasteiger partial charge is 0.255 e. The molecule has 1 aliphatic heterocycles. The van der Waals surface area contributed by atoms with Crippen LogP contribution in [0.25, 0.3) is 0 Å². The van der Waals surface area contributed by atoms with Gasteiger partial charge in [0.15, 0.2) is 5.11 Å². The molecule has 0 aliphatic carbocycles. The molecule has 0 aromatic heterocycles. The average molecular weight is 276 g/mol. The molecule has 1 atom stereocenters. The van der Waals surface area contributed by atoms with Gasteiger partial charge in [0.1, 0.15) is 6.04 Å². The second kappa shape index (κ2) is 6.15. The van der Waals surface area contributed by atoms with E-state index in [1.807, 2.05) is 24.3 Å². The summed E-state index contributed by atoms with van der Waals surface area (Å²) in [5.41, 5.74) is 2.12. The van der Waals surface area contributed by atoms with Gasteiger partial charge < -0.3 is 5.32 Å². The van der Waals surface area contributed by atoms with E-state index in [0.717, 1.165) is 31.4 Å². The van der Waals surface area contributed by atoms with E-state index in [0.29, 0.717) is 5.11 Å². The van der Waals surface area contributed by atoms with Crippen molar-refractivity contribution in [3.05, 3.63) is 29.8 Å². The summed E-state index contributed by atoms with van der Waals surface area (Å²) in [7, 11) is 0. The van der Waals surface area contributed by atoms with Gasteiger partial charge in [0.2, 0.25) is 0 Å². The molecule has 1 unspecified atom stereocenters. The van der Waals surface area contributed by atoms with Crippen LogP contribution in [0.1, 0.15) is 38.7 Å². The summed E-state index contributed by atoms with van der Waals surface area (Å²) in [5, 5.41) is 3.65. The predicted molar refractivity (Wildman–Crippen MR) is 82.4 cm³/mol. The SMILES string of the molecule is CCCCC1NC(=S)N(c2ccc(CC)cc2)C1=O. The molecule has 1 amide bonds. The quantitative estimate of drug-likeness (QED) is 0.839. The van der Waals surface area contributed by atoms with Gasteiger partial charge in [-0.2, -0.15) is 0 Å². The molecule has 4 heteroatoms. The van der Waals surface area contributed by atoms with E-state index in [4.69, 9.17) is 12.2 Å². The minimum atomic E-state index is -0.154. The normalized spacial score (nSPS) is 18.8. The van der Waals surface area contributed by atoms with Crippen molar-refractivity contribution < 1.29 is 4.79 Å². The standard InChI is InChI=1S/C15H20N2OS/c1-3-5-6-13-14(18)17(15(19)16-13)12-9-7-11(4-2)8-10-12/h7-10,13H,3-6H2,1-2H3,(H,16,19). The summed E-state index contributed by atoms with van der Waals surface area (Å²) >= 11 is 5.28. The summed E-state index contributed by atoms with van der Waals surface area (Å²) in [4.78, 5) is 14.0. The number of hydrogen-bond donors (Lipinski definition) is 1. The molecule has 0 radical (unpaired) electrons. The van der Waals surface area contributed by atoms with Crippen molar-refractivity contribution in [2.24, 2.45) is 0 Å². The molecule has 2 rings (SSSR count). The highest BCUT2D eigenvalue weighted by molar-refractivity contribution is 7.80. The zero-order valence-corrected chi connectivity index (χ0v) is 12.3. The first-order chi connectivity index (χ1) is 9.17. The fourth-order valence-corrected chi connectivity index (χ4v) is 2.60. The van der Waals surface area contributed by atoms with Gasteiger partial charge in [-0.15, -0.1) is 0 Å². The van der Waals surface area contributed by atoms with E-state index in [1.165, 1.54) is 5.56 Å². The van der Waals surface area contributed by atoms with Crippen molar-refractivity contribution in [1.29, 1.82) is 0 Å². The van der Waals surface area contributed by atoms with Crippen LogP contribution < -0.4 is 10.2 Å². The number of rotatable bonds is 5. The lowest BCUT2D eigenvalue weighted by Gasteiger charge is -2.15. The summed E-state index contributed by atoms with van der Waals surface area (Å²) in [6.07, 6.45) is 3.97. The Morgan fingerprint density at radius 2 is 1.95 bits per heavy atom. The average Bonchev–Trinajstić information content (AvgIpc) is 2.71. The second-order valence-corrected chi connectivity index (χ2v) is 5.22. The number of nitrogens with zero attached hydrogens (tertiary/aromatic N) is 1. The third-order valence-corrected chi connectivity index (χ3v) is 3.77. The first kappa shape index (κ1) is 14.0. The Morgan fingerprint density at radius 3 is 2.53 bits per heavy atom. The van der Waals surface area contributed by atoms with E-state index in [1.54, 1.807) is 4.90 Å². The molecule has 1 heterocycles. The van der Waals surface area contributed by atoms with Crippen LogP contribution in [-0.4, -0.2) is 17.1 Å². The molecule has 1 aromatic carbocycles. The first-order valence-electron chi connectivity index (χ1n) is 6.90. The van der Waals surface area contributed by atoms with Crippen LogP contribution in [0.15, 0.2) is 24.3 Å². The summed E-state index contributed by atoms with van der Waals surface area (Å²) in [6.45, 7) is 4.24. The Bertz CT molecular complexity index is 470. The van der Waals surface area contributed by atoms with Gasteiger partial charge in [-0.25, -0.2) is 0 Å². The van der Waals surface area contributed by atoms with Gasteiger partial charge in [-0.05, 0) is 42.8 Å². The van der Waals surface area contributed by atoms with Crippen molar-refractivity contribution >= 4 is 28.9 Å². The molecule has 19 heavy (non-hydrogen) atoms. The zero-order valence-electron chi connectivity index (χ0n) is 11.5. The number of thiocarbonyl (C=S) groups is 1. The van der Waals surface area contributed by atoms with Crippen LogP contribution in [0.5, 0.6) is 0 Å². The van der Waals surface area contributed by atoms with Gasteiger partial charge in [0, 0.05) is 0 Å². The molecule has 0 bridgehead atoms. The number of aryl methyl sites for hydroxylation is 1. The summed E-state index contributed by atoms with van der Waals surface area (Å²) in [5.74, 6) is 0.0719. The maximum absolute atomic E-state index is 12.4. The van der Waals surface area contributed by atoms with Crippen LogP contribution in [0.4, 0.5) is 5.69 Å². The fourth-order valence-electron chi connectivity index (χ4n) is 2.26. The zero-order chi connectivity index (χ0) is 13.8. The van der Waals surface area contributed by atoms with Gasteiger partial charge in [-0.3, -0.25) is 9.69 Å². The number of amides is 1. The predicted octanol–water partition coefficient (Wildman–Crippen LogP) is 3.03. The van der Waals surface area contributed by atoms with Gasteiger partial charge in [-0.1, -0.05) is 38.8 Å². The highest BCUT2D eigenvalue weighted by Gasteiger charge is 2.35. The monoisotopic (exact) mass is 276 g/mol. The third kappa shape index (κ3) is 2.95. The molecule has 1 fully saturated rings. The Hall–Kier alpha value is -1.42. The number of unbranched alkanes of at least 4 members (excludes halogenated alkanes) is 1. The molecular formula is C15H20N2OS. The molecule has 1 aliphatic rings. The Kier molecular flexibility index (Phi) is 4.53. The van der Waals surface area contributed by atoms with Crippen LogP contribution in [0.3, 0.4) is 0 Å². The van der Waals surface area contributed by atoms with Crippen LogP contribution in [0, 0.1) is 0 Å². The summed E-state index contributed by atoms with van der Waals surface area (Å²) in [6, 6.07) is 7.87. The third-order valence-electron chi connectivity index (χ3n) is 3.47. The second-order valence-electron chi connectivity index (χ2n) is 4.84. The van der Waals surface area contributed by atoms with E-state index in [2.05, 4.69) is 19.2 Å². The van der Waals surface area contributed by atoms with Crippen LogP contribution >= 0.6 is 12.2 Å². The number of benzene rings is 1. The number of anilines is 1. The van der Waals surface area contributed by atoms with E-state index < -0.39 is 0 Å². The Morgan fingerprint density at radius 1 is 1.26 bits per heavy atom. The molecule has 0 saturated carbocycles. The van der Waals surface area contributed by atoms with E-state index in [-0.39, 0.29) is 11.9 Å². The van der Waals surface area contributed by atoms with Gasteiger partial charge in [0.25, 0.3) is 5.91 Å². The van der Waals surface area contributed by atoms with E-state index >= 15 is 0 Å². The van der Waals surface area contributed by atoms with Crippen LogP contribution in [0.2, 0.25) is 0 Å². The maximum atomic E-state index is 12.4. The van der Waals surface area contributed by atoms with Gasteiger partial charge >= 0.3 is 0 Å². The fraction of sp³-hybridized carbons (Fsp3) is 0.467. The van der Waals surface area contributed by atoms with Crippen molar-refractivity contribution in [3.63, 3.8) is 0 Å². The lowest BCUT2D eigenvalue weighted by atomic mass is 10.1. The number of hydrogen-bond acceptors (Lipinski definition) is 2. The Labute approximate surface area is 120 Å². The van der Waals surface area contributed by atoms with E-state index in [9.17, 15) is 4.79 Å². The summed E-state index contributed by atoms with van der Waals surface area (Å²) < 4.78 is 0. The number of carbonyl (C=O) groups excluding carboxylic acids is 1. The van der Waals surface area contributed by atoms with Crippen LogP contribution in [-0.2, 0) is 11.2 Å². The van der Waals surface area contributed by atoms with Crippen molar-refractivity contribution in [1.82, 2.24) is 5.32 Å². The van der Waals surface area contributed by atoms with Crippen molar-refractivity contribution in [3.8, 4) is 0 Å². The molecule has 102 valence electrons. The minimum Gasteiger partial charge on any atom is -0.350 e. The van der Waals surface area contributed by atoms with Crippen molar-refractivity contribution in [2.45, 2.75) is 45.6 Å². The Balaban J connectivity index is 2.14. The topological polar surface area (TPSA) is 32.3 Å². The molecule has 3 nitrogen and oxygen atoms in total. The molecule has 0 spiro atoms. The lowest BCUT2D eigenvalue weighted by Crippen LogP contribution is -2.31. The number of nitrogens with one attached hydrogen (secondary N) is 1. The molecule has 1 saturated heterocycles. The van der Waals surface area contributed by atoms with Crippen molar-refractivity contribution in [2.75, 3.05) is 4.90 Å². The highest BCUT2D eigenvalue weighted by atomic mass is 32.1. The number of carbonyl (C=O) groups is 1. The van der Waals surface area contributed by atoms with Gasteiger partial charge in [0.05, 0.1) is 5.69 Å². The first-order valence-corrected chi connectivity index (χ1v) is 7.31. The maximum Gasteiger partial charge on any atom is 0.255 e. The molecule has 1 N–H and O–H groups in total. The molecule has 1 aromatic rings. The highest BCUT2D eigenvalue weighted by Crippen LogP contribution is 2.22. The molecular weight excluding hydrogens is 256 g/mol. The minimum absolute atomic E-state index is 0.0719. The largest absolute Gasteiger partial charge is 0.350 e. The lowest BCUT2D eigenvalue weighted by molar-refractivity contribution is -0.118.